The van der Waals surface area contributed by atoms with Crippen molar-refractivity contribution in [3.05, 3.63) is 131 Å². The van der Waals surface area contributed by atoms with Crippen molar-refractivity contribution in [2.24, 2.45) is 0 Å². The molecule has 0 saturated carbocycles. The van der Waals surface area contributed by atoms with Gasteiger partial charge in [0.2, 0.25) is 0 Å². The molecule has 0 fully saturated rings. The minimum absolute atomic E-state index is 0.0317. The van der Waals surface area contributed by atoms with Crippen LogP contribution in [0.3, 0.4) is 0 Å². The molecular weight excluding hydrogens is 634 g/mol. The average molecular weight is 676 g/mol. The number of hydrogen-bond donors (Lipinski definition) is 1. The lowest BCUT2D eigenvalue weighted by Crippen LogP contribution is -2.24. The third-order valence-corrected chi connectivity index (χ3v) is 8.57. The zero-order valence-corrected chi connectivity index (χ0v) is 28.3. The Kier molecular flexibility index (Phi) is 12.1. The third-order valence-electron chi connectivity index (χ3n) is 8.57. The van der Waals surface area contributed by atoms with Gasteiger partial charge in [0.25, 0.3) is 0 Å². The molecular formula is C41H41NO8. The van der Waals surface area contributed by atoms with Gasteiger partial charge in [-0.1, -0.05) is 56.0 Å². The maximum absolute atomic E-state index is 13.8. The summed E-state index contributed by atoms with van der Waals surface area (Å²) >= 11 is 0. The lowest BCUT2D eigenvalue weighted by molar-refractivity contribution is -0.137. The average Bonchev–Trinajstić information content (AvgIpc) is 3.48. The van der Waals surface area contributed by atoms with E-state index in [-0.39, 0.29) is 43.0 Å². The highest BCUT2D eigenvalue weighted by atomic mass is 16.5. The molecule has 0 aliphatic carbocycles. The van der Waals surface area contributed by atoms with Crippen LogP contribution in [-0.2, 0) is 19.0 Å². The van der Waals surface area contributed by atoms with Crippen LogP contribution in [0.25, 0.3) is 21.8 Å². The topological polar surface area (TPSA) is 121 Å². The van der Waals surface area contributed by atoms with Crippen molar-refractivity contribution in [1.82, 2.24) is 4.57 Å². The standard InChI is InChI=1S/C41H41NO8/c1-4-27(3)42-36-18-16-30(39(45)28-12-7-6-8-13-28)23-34(36)35-24-31(17-19-37(35)42)40(46)29-14-11-15-32(22-29)41(47)50-26-33(43)25-48-20-9-10-21-49-38(44)5-2/h5-8,11-19,22-24,27,33,43H,2,4,9-10,20-21,25-26H2,1,3H3. The SMILES string of the molecule is C=CC(=O)OCCCCOCC(O)COC(=O)c1cccc(C(=O)c2ccc3c(c2)c2cc(C(=O)c4ccccc4)ccc2n3C(C)CC)c1. The fourth-order valence-corrected chi connectivity index (χ4v) is 5.76. The molecule has 1 heterocycles. The van der Waals surface area contributed by atoms with Gasteiger partial charge in [-0.3, -0.25) is 9.59 Å². The van der Waals surface area contributed by atoms with E-state index in [4.69, 9.17) is 14.2 Å². The van der Waals surface area contributed by atoms with Gasteiger partial charge in [0.05, 0.1) is 18.8 Å². The second kappa shape index (κ2) is 16.8. The molecule has 0 spiro atoms. The summed E-state index contributed by atoms with van der Waals surface area (Å²) < 4.78 is 17.8. The second-order valence-electron chi connectivity index (χ2n) is 12.1. The lowest BCUT2D eigenvalue weighted by Gasteiger charge is -2.15. The van der Waals surface area contributed by atoms with Gasteiger partial charge in [0.1, 0.15) is 12.7 Å². The first-order chi connectivity index (χ1) is 24.2. The molecule has 0 saturated heterocycles. The van der Waals surface area contributed by atoms with Gasteiger partial charge in [0.15, 0.2) is 11.6 Å². The molecule has 9 heteroatoms. The van der Waals surface area contributed by atoms with E-state index >= 15 is 0 Å². The highest BCUT2D eigenvalue weighted by Crippen LogP contribution is 2.35. The summed E-state index contributed by atoms with van der Waals surface area (Å²) in [6.07, 6.45) is 2.19. The predicted octanol–water partition coefficient (Wildman–Crippen LogP) is 7.27. The number of carbonyl (C=O) groups is 4. The van der Waals surface area contributed by atoms with Gasteiger partial charge >= 0.3 is 11.9 Å². The van der Waals surface area contributed by atoms with Crippen LogP contribution in [0, 0.1) is 0 Å². The number of aromatic nitrogens is 1. The van der Waals surface area contributed by atoms with Crippen molar-refractivity contribution in [3.63, 3.8) is 0 Å². The molecule has 0 amide bonds. The normalized spacial score (nSPS) is 12.4. The maximum Gasteiger partial charge on any atom is 0.338 e. The van der Waals surface area contributed by atoms with Crippen LogP contribution in [0.2, 0.25) is 0 Å². The van der Waals surface area contributed by atoms with Gasteiger partial charge < -0.3 is 23.9 Å². The number of rotatable bonds is 17. The predicted molar refractivity (Wildman–Crippen MR) is 192 cm³/mol. The van der Waals surface area contributed by atoms with Crippen molar-refractivity contribution >= 4 is 45.3 Å². The van der Waals surface area contributed by atoms with Crippen LogP contribution in [0.4, 0.5) is 0 Å². The quantitative estimate of drug-likeness (QED) is 0.0473. The first kappa shape index (κ1) is 35.9. The van der Waals surface area contributed by atoms with Crippen molar-refractivity contribution in [2.75, 3.05) is 26.4 Å². The summed E-state index contributed by atoms with van der Waals surface area (Å²) in [4.78, 5) is 51.0. The van der Waals surface area contributed by atoms with Crippen LogP contribution in [-0.4, -0.2) is 65.7 Å². The zero-order chi connectivity index (χ0) is 35.6. The van der Waals surface area contributed by atoms with Crippen molar-refractivity contribution in [3.8, 4) is 0 Å². The van der Waals surface area contributed by atoms with E-state index in [0.717, 1.165) is 34.3 Å². The van der Waals surface area contributed by atoms with Crippen molar-refractivity contribution in [1.29, 1.82) is 0 Å². The van der Waals surface area contributed by atoms with Crippen molar-refractivity contribution < 1.29 is 38.5 Å². The first-order valence-electron chi connectivity index (χ1n) is 16.8. The van der Waals surface area contributed by atoms with E-state index in [9.17, 15) is 24.3 Å². The number of esters is 2. The summed E-state index contributed by atoms with van der Waals surface area (Å²) in [6, 6.07) is 26.9. The summed E-state index contributed by atoms with van der Waals surface area (Å²) in [7, 11) is 0. The Morgan fingerprint density at radius 2 is 1.30 bits per heavy atom. The smallest absolute Gasteiger partial charge is 0.338 e. The molecule has 2 atom stereocenters. The van der Waals surface area contributed by atoms with E-state index in [0.29, 0.717) is 41.7 Å². The number of benzene rings is 4. The Hall–Kier alpha value is -5.38. The number of nitrogens with zero attached hydrogens (tertiary/aromatic N) is 1. The van der Waals surface area contributed by atoms with E-state index in [1.165, 1.54) is 6.07 Å². The number of unbranched alkanes of at least 4 members (excludes halogenated alkanes) is 1. The monoisotopic (exact) mass is 675 g/mol. The van der Waals surface area contributed by atoms with E-state index in [1.54, 1.807) is 36.4 Å². The molecule has 0 aliphatic rings. The summed E-state index contributed by atoms with van der Waals surface area (Å²) in [5.41, 5.74) is 4.04. The van der Waals surface area contributed by atoms with Crippen LogP contribution in [0.5, 0.6) is 0 Å². The number of aliphatic hydroxyl groups excluding tert-OH is 1. The van der Waals surface area contributed by atoms with Gasteiger partial charge in [-0.25, -0.2) is 9.59 Å². The molecule has 1 N–H and O–H groups in total. The fraction of sp³-hybridized carbons (Fsp3) is 0.268. The molecule has 50 heavy (non-hydrogen) atoms. The summed E-state index contributed by atoms with van der Waals surface area (Å²) in [5, 5.41) is 11.9. The minimum Gasteiger partial charge on any atom is -0.463 e. The highest BCUT2D eigenvalue weighted by Gasteiger charge is 2.20. The molecule has 258 valence electrons. The Morgan fingerprint density at radius 1 is 0.720 bits per heavy atom. The fourth-order valence-electron chi connectivity index (χ4n) is 5.76. The molecule has 0 aliphatic heterocycles. The molecule has 5 rings (SSSR count). The Labute approximate surface area is 291 Å². The third kappa shape index (κ3) is 8.42. The molecule has 0 bridgehead atoms. The molecule has 2 unspecified atom stereocenters. The number of aliphatic hydroxyl groups is 1. The van der Waals surface area contributed by atoms with Crippen LogP contribution >= 0.6 is 0 Å². The number of ketones is 2. The van der Waals surface area contributed by atoms with Gasteiger partial charge in [-0.05, 0) is 74.7 Å². The molecule has 5 aromatic rings. The van der Waals surface area contributed by atoms with E-state index < -0.39 is 18.0 Å². The van der Waals surface area contributed by atoms with Gasteiger partial charge in [-0.15, -0.1) is 0 Å². The highest BCUT2D eigenvalue weighted by molar-refractivity contribution is 6.17. The molecule has 4 aromatic carbocycles. The summed E-state index contributed by atoms with van der Waals surface area (Å²) in [6.45, 7) is 7.89. The number of hydrogen-bond acceptors (Lipinski definition) is 8. The van der Waals surface area contributed by atoms with Crippen LogP contribution in [0.15, 0.2) is 104 Å². The van der Waals surface area contributed by atoms with E-state index in [2.05, 4.69) is 25.0 Å². The first-order valence-corrected chi connectivity index (χ1v) is 16.8. The lowest BCUT2D eigenvalue weighted by atomic mass is 9.98. The summed E-state index contributed by atoms with van der Waals surface area (Å²) in [5.74, 6) is -1.50. The zero-order valence-electron chi connectivity index (χ0n) is 28.3. The second-order valence-corrected chi connectivity index (χ2v) is 12.1. The number of fused-ring (bicyclic) bond motifs is 3. The molecule has 9 nitrogen and oxygen atoms in total. The maximum atomic E-state index is 13.8. The van der Waals surface area contributed by atoms with Gasteiger partial charge in [0, 0.05) is 62.8 Å². The Bertz CT molecular complexity index is 2010. The van der Waals surface area contributed by atoms with Crippen LogP contribution < -0.4 is 0 Å². The van der Waals surface area contributed by atoms with Crippen molar-refractivity contribution in [2.45, 2.75) is 45.3 Å². The molecule has 0 radical (unpaired) electrons. The Morgan fingerprint density at radius 3 is 1.94 bits per heavy atom. The molecule has 1 aromatic heterocycles. The number of carbonyl (C=O) groups excluding carboxylic acids is 4. The van der Waals surface area contributed by atoms with Crippen LogP contribution in [0.1, 0.15) is 81.4 Å². The van der Waals surface area contributed by atoms with E-state index in [1.807, 2.05) is 48.5 Å². The Balaban J connectivity index is 1.29. The largest absolute Gasteiger partial charge is 0.463 e. The number of ether oxygens (including phenoxy) is 3. The minimum atomic E-state index is -1.03. The van der Waals surface area contributed by atoms with Gasteiger partial charge in [-0.2, -0.15) is 0 Å².